The van der Waals surface area contributed by atoms with Crippen molar-refractivity contribution >= 4 is 49.1 Å². The van der Waals surface area contributed by atoms with Gasteiger partial charge >= 0.3 is 0 Å². The zero-order valence-corrected chi connectivity index (χ0v) is 17.9. The second kappa shape index (κ2) is 8.31. The molecule has 0 aromatic heterocycles. The number of carbonyl (C=O) groups is 1. The number of anilines is 1. The molecule has 0 bridgehead atoms. The zero-order chi connectivity index (χ0) is 19.6. The fourth-order valence-electron chi connectivity index (χ4n) is 3.09. The van der Waals surface area contributed by atoms with Crippen molar-refractivity contribution in [2.45, 2.75) is 24.7 Å². The number of rotatable bonds is 4. The quantitative estimate of drug-likeness (QED) is 0.716. The number of hydrogen-bond acceptors (Lipinski definition) is 3. The Morgan fingerprint density at radius 3 is 2.63 bits per heavy atom. The Bertz CT molecular complexity index is 948. The maximum absolute atomic E-state index is 12.9. The summed E-state index contributed by atoms with van der Waals surface area (Å²) in [5.41, 5.74) is 1.56. The van der Waals surface area contributed by atoms with Crippen LogP contribution in [0.5, 0.6) is 0 Å². The molecule has 5 nitrogen and oxygen atoms in total. The molecule has 1 fully saturated rings. The molecule has 144 valence electrons. The lowest BCUT2D eigenvalue weighted by Gasteiger charge is -2.31. The van der Waals surface area contributed by atoms with Gasteiger partial charge in [-0.2, -0.15) is 4.31 Å². The molecule has 8 heteroatoms. The fourth-order valence-corrected chi connectivity index (χ4v) is 5.05. The second-order valence-corrected chi connectivity index (χ2v) is 9.89. The van der Waals surface area contributed by atoms with E-state index in [1.807, 2.05) is 13.0 Å². The van der Waals surface area contributed by atoms with Gasteiger partial charge in [0.15, 0.2) is 0 Å². The van der Waals surface area contributed by atoms with Crippen LogP contribution >= 0.6 is 27.5 Å². The minimum absolute atomic E-state index is 0.170. The molecule has 1 heterocycles. The maximum Gasteiger partial charge on any atom is 0.243 e. The van der Waals surface area contributed by atoms with Crippen LogP contribution in [0.4, 0.5) is 5.69 Å². The summed E-state index contributed by atoms with van der Waals surface area (Å²) < 4.78 is 28.0. The molecular formula is C19H20BrClN2O3S. The average Bonchev–Trinajstić information content (AvgIpc) is 2.65. The molecule has 1 aliphatic rings. The molecule has 0 aliphatic carbocycles. The highest BCUT2D eigenvalue weighted by molar-refractivity contribution is 9.10. The Labute approximate surface area is 172 Å². The van der Waals surface area contributed by atoms with Gasteiger partial charge in [0.1, 0.15) is 0 Å². The van der Waals surface area contributed by atoms with Gasteiger partial charge in [-0.1, -0.05) is 33.6 Å². The number of benzene rings is 2. The summed E-state index contributed by atoms with van der Waals surface area (Å²) in [6.45, 7) is 2.47. The predicted molar refractivity (Wildman–Crippen MR) is 110 cm³/mol. The van der Waals surface area contributed by atoms with Crippen molar-refractivity contribution in [3.05, 3.63) is 57.5 Å². The van der Waals surface area contributed by atoms with E-state index in [0.717, 1.165) is 10.0 Å². The highest BCUT2D eigenvalue weighted by atomic mass is 79.9. The van der Waals surface area contributed by atoms with Gasteiger partial charge in [0.05, 0.1) is 10.8 Å². The number of nitrogens with one attached hydrogen (secondary N) is 1. The maximum atomic E-state index is 12.9. The summed E-state index contributed by atoms with van der Waals surface area (Å²) >= 11 is 9.31. The van der Waals surface area contributed by atoms with E-state index in [1.54, 1.807) is 36.4 Å². The van der Waals surface area contributed by atoms with Crippen LogP contribution < -0.4 is 5.32 Å². The van der Waals surface area contributed by atoms with E-state index < -0.39 is 15.9 Å². The van der Waals surface area contributed by atoms with Crippen molar-refractivity contribution in [3.8, 4) is 0 Å². The van der Waals surface area contributed by atoms with Gasteiger partial charge in [-0.15, -0.1) is 0 Å². The highest BCUT2D eigenvalue weighted by Gasteiger charge is 2.33. The molecule has 27 heavy (non-hydrogen) atoms. The first-order valence-electron chi connectivity index (χ1n) is 8.60. The monoisotopic (exact) mass is 470 g/mol. The van der Waals surface area contributed by atoms with Crippen molar-refractivity contribution in [1.29, 1.82) is 0 Å². The number of piperidine rings is 1. The third kappa shape index (κ3) is 4.71. The summed E-state index contributed by atoms with van der Waals surface area (Å²) in [6, 6.07) is 11.8. The number of amides is 1. The van der Waals surface area contributed by atoms with Crippen molar-refractivity contribution < 1.29 is 13.2 Å². The van der Waals surface area contributed by atoms with Crippen LogP contribution in [-0.4, -0.2) is 31.7 Å². The van der Waals surface area contributed by atoms with Crippen LogP contribution in [0.3, 0.4) is 0 Å². The van der Waals surface area contributed by atoms with Crippen LogP contribution in [0.2, 0.25) is 5.02 Å². The first-order valence-corrected chi connectivity index (χ1v) is 11.2. The van der Waals surface area contributed by atoms with E-state index in [2.05, 4.69) is 21.2 Å². The van der Waals surface area contributed by atoms with Crippen molar-refractivity contribution in [1.82, 2.24) is 4.31 Å². The average molecular weight is 472 g/mol. The van der Waals surface area contributed by atoms with E-state index in [4.69, 9.17) is 11.6 Å². The molecule has 1 saturated heterocycles. The number of nitrogens with zero attached hydrogens (tertiary/aromatic N) is 1. The van der Waals surface area contributed by atoms with Crippen LogP contribution in [0.1, 0.15) is 18.4 Å². The van der Waals surface area contributed by atoms with Gasteiger partial charge in [0, 0.05) is 28.3 Å². The molecule has 0 saturated carbocycles. The van der Waals surface area contributed by atoms with Crippen molar-refractivity contribution in [2.75, 3.05) is 18.4 Å². The van der Waals surface area contributed by atoms with Gasteiger partial charge in [-0.3, -0.25) is 4.79 Å². The SMILES string of the molecule is Cc1ccc(Cl)cc1NC(=O)[C@@H]1CCCN(S(=O)(=O)c2ccc(Br)cc2)C1. The third-order valence-electron chi connectivity index (χ3n) is 4.66. The number of carbonyl (C=O) groups excluding carboxylic acids is 1. The van der Waals surface area contributed by atoms with E-state index in [9.17, 15) is 13.2 Å². The fraction of sp³-hybridized carbons (Fsp3) is 0.316. The van der Waals surface area contributed by atoms with Crippen LogP contribution in [0.15, 0.2) is 51.8 Å². The molecule has 0 unspecified atom stereocenters. The summed E-state index contributed by atoms with van der Waals surface area (Å²) in [4.78, 5) is 12.9. The van der Waals surface area contributed by atoms with E-state index in [0.29, 0.717) is 30.1 Å². The molecule has 1 aliphatic heterocycles. The van der Waals surface area contributed by atoms with Crippen LogP contribution in [-0.2, 0) is 14.8 Å². The minimum atomic E-state index is -3.62. The van der Waals surface area contributed by atoms with Crippen molar-refractivity contribution in [3.63, 3.8) is 0 Å². The number of sulfonamides is 1. The van der Waals surface area contributed by atoms with Crippen molar-refractivity contribution in [2.24, 2.45) is 5.92 Å². The summed E-state index contributed by atoms with van der Waals surface area (Å²) in [5.74, 6) is -0.585. The zero-order valence-electron chi connectivity index (χ0n) is 14.8. The van der Waals surface area contributed by atoms with Gasteiger partial charge in [0.25, 0.3) is 0 Å². The smallest absolute Gasteiger partial charge is 0.243 e. The Morgan fingerprint density at radius 2 is 1.93 bits per heavy atom. The number of halogens is 2. The summed E-state index contributed by atoms with van der Waals surface area (Å²) in [7, 11) is -3.62. The Hall–Kier alpha value is -1.41. The van der Waals surface area contributed by atoms with E-state index in [-0.39, 0.29) is 17.3 Å². The molecule has 1 N–H and O–H groups in total. The van der Waals surface area contributed by atoms with Gasteiger partial charge in [-0.25, -0.2) is 8.42 Å². The minimum Gasteiger partial charge on any atom is -0.326 e. The molecule has 2 aromatic carbocycles. The molecule has 1 amide bonds. The largest absolute Gasteiger partial charge is 0.326 e. The lowest BCUT2D eigenvalue weighted by atomic mass is 9.98. The Kier molecular flexibility index (Phi) is 6.25. The van der Waals surface area contributed by atoms with E-state index >= 15 is 0 Å². The predicted octanol–water partition coefficient (Wildman–Crippen LogP) is 4.45. The standard InChI is InChI=1S/C19H20BrClN2O3S/c1-13-4-7-16(21)11-18(13)22-19(24)14-3-2-10-23(12-14)27(25,26)17-8-5-15(20)6-9-17/h4-9,11,14H,2-3,10,12H2,1H3,(H,22,24)/t14-/m1/s1. The molecule has 0 radical (unpaired) electrons. The number of hydrogen-bond donors (Lipinski definition) is 1. The normalized spacial score (nSPS) is 18.3. The van der Waals surface area contributed by atoms with Crippen LogP contribution in [0.25, 0.3) is 0 Å². The molecule has 0 spiro atoms. The first kappa shape index (κ1) is 20.3. The molecular weight excluding hydrogens is 452 g/mol. The van der Waals surface area contributed by atoms with Gasteiger partial charge < -0.3 is 5.32 Å². The topological polar surface area (TPSA) is 66.5 Å². The van der Waals surface area contributed by atoms with Crippen LogP contribution in [0, 0.1) is 12.8 Å². The summed E-state index contributed by atoms with van der Waals surface area (Å²) in [5, 5.41) is 3.43. The summed E-state index contributed by atoms with van der Waals surface area (Å²) in [6.07, 6.45) is 1.29. The third-order valence-corrected chi connectivity index (χ3v) is 7.31. The number of aryl methyl sites for hydroxylation is 1. The molecule has 2 aromatic rings. The lowest BCUT2D eigenvalue weighted by Crippen LogP contribution is -2.43. The van der Waals surface area contributed by atoms with E-state index in [1.165, 1.54) is 4.31 Å². The van der Waals surface area contributed by atoms with Gasteiger partial charge in [-0.05, 0) is 61.7 Å². The Balaban J connectivity index is 1.74. The second-order valence-electron chi connectivity index (χ2n) is 6.60. The molecule has 1 atom stereocenters. The Morgan fingerprint density at radius 1 is 1.22 bits per heavy atom. The lowest BCUT2D eigenvalue weighted by molar-refractivity contribution is -0.120. The molecule has 3 rings (SSSR count). The highest BCUT2D eigenvalue weighted by Crippen LogP contribution is 2.27. The first-order chi connectivity index (χ1) is 12.8. The van der Waals surface area contributed by atoms with Gasteiger partial charge in [0.2, 0.25) is 15.9 Å².